The molecule has 216 valence electrons. The SMILES string of the molecule is C[C@@H]1CN(C(c2cccc(O)c2)c2cccc(C(=O)N3CCC(C(=O)O)CC3)c2)[C@@H](C)CN1Cc1ccccc1F. The number of piperazine rings is 1. The number of amides is 1. The van der Waals surface area contributed by atoms with Gasteiger partial charge in [0.15, 0.2) is 0 Å². The fraction of sp³-hybridized carbons (Fsp3) is 0.394. The summed E-state index contributed by atoms with van der Waals surface area (Å²) < 4.78 is 14.4. The number of carboxylic acids is 1. The molecule has 2 aliphatic rings. The number of hydrogen-bond acceptors (Lipinski definition) is 5. The van der Waals surface area contributed by atoms with Crippen LogP contribution in [-0.4, -0.2) is 75.1 Å². The standard InChI is InChI=1S/C33H38FN3O4/c1-22-20-37(23(2)19-36(22)21-28-7-3-4-12-30(28)34)31(26-9-6-11-29(38)18-26)25-8-5-10-27(17-25)32(39)35-15-13-24(14-16-35)33(40)41/h3-12,17-18,22-24,31,38H,13-16,19-21H2,1-2H3,(H,40,41)/t22-,23+,31?/m1/s1. The summed E-state index contributed by atoms with van der Waals surface area (Å²) in [6.45, 7) is 7.16. The molecule has 1 amide bonds. The molecule has 2 N–H and O–H groups in total. The Morgan fingerprint density at radius 2 is 1.59 bits per heavy atom. The molecule has 0 spiro atoms. The van der Waals surface area contributed by atoms with Crippen molar-refractivity contribution in [2.75, 3.05) is 26.2 Å². The van der Waals surface area contributed by atoms with E-state index in [2.05, 4.69) is 23.6 Å². The highest BCUT2D eigenvalue weighted by atomic mass is 19.1. The Morgan fingerprint density at radius 1 is 0.902 bits per heavy atom. The van der Waals surface area contributed by atoms with Gasteiger partial charge in [-0.3, -0.25) is 19.4 Å². The summed E-state index contributed by atoms with van der Waals surface area (Å²) in [6.07, 6.45) is 0.915. The van der Waals surface area contributed by atoms with Crippen molar-refractivity contribution in [2.24, 2.45) is 5.92 Å². The van der Waals surface area contributed by atoms with Crippen LogP contribution in [0.1, 0.15) is 59.8 Å². The van der Waals surface area contributed by atoms with Crippen molar-refractivity contribution in [3.63, 3.8) is 0 Å². The highest BCUT2D eigenvalue weighted by molar-refractivity contribution is 5.94. The number of nitrogens with zero attached hydrogens (tertiary/aromatic N) is 3. The molecule has 8 heteroatoms. The molecular weight excluding hydrogens is 521 g/mol. The van der Waals surface area contributed by atoms with Crippen molar-refractivity contribution in [2.45, 2.75) is 51.4 Å². The topological polar surface area (TPSA) is 84.3 Å². The van der Waals surface area contributed by atoms with Gasteiger partial charge in [0.1, 0.15) is 11.6 Å². The molecule has 2 aliphatic heterocycles. The number of halogens is 1. The van der Waals surface area contributed by atoms with Crippen LogP contribution in [0.4, 0.5) is 4.39 Å². The van der Waals surface area contributed by atoms with Gasteiger partial charge in [0.25, 0.3) is 5.91 Å². The minimum Gasteiger partial charge on any atom is -0.508 e. The summed E-state index contributed by atoms with van der Waals surface area (Å²) in [5, 5.41) is 19.7. The first-order valence-electron chi connectivity index (χ1n) is 14.4. The molecule has 3 atom stereocenters. The van der Waals surface area contributed by atoms with E-state index in [1.807, 2.05) is 48.5 Å². The van der Waals surface area contributed by atoms with Crippen LogP contribution < -0.4 is 0 Å². The smallest absolute Gasteiger partial charge is 0.306 e. The van der Waals surface area contributed by atoms with Crippen LogP contribution in [0.15, 0.2) is 72.8 Å². The van der Waals surface area contributed by atoms with Gasteiger partial charge in [0.05, 0.1) is 12.0 Å². The molecule has 0 radical (unpaired) electrons. The van der Waals surface area contributed by atoms with Crippen LogP contribution in [0.5, 0.6) is 5.75 Å². The van der Waals surface area contributed by atoms with Gasteiger partial charge in [0.2, 0.25) is 0 Å². The van der Waals surface area contributed by atoms with E-state index < -0.39 is 11.9 Å². The maximum atomic E-state index is 14.4. The number of likely N-dealkylation sites (tertiary alicyclic amines) is 1. The van der Waals surface area contributed by atoms with Gasteiger partial charge in [0, 0.05) is 55.9 Å². The molecule has 0 aliphatic carbocycles. The molecule has 0 aromatic heterocycles. The molecule has 41 heavy (non-hydrogen) atoms. The van der Waals surface area contributed by atoms with Crippen LogP contribution in [-0.2, 0) is 11.3 Å². The molecule has 0 saturated carbocycles. The third-order valence-corrected chi connectivity index (χ3v) is 8.59. The summed E-state index contributed by atoms with van der Waals surface area (Å²) in [4.78, 5) is 31.3. The molecule has 2 saturated heterocycles. The number of hydrogen-bond donors (Lipinski definition) is 2. The van der Waals surface area contributed by atoms with E-state index in [4.69, 9.17) is 0 Å². The van der Waals surface area contributed by atoms with Crippen LogP contribution in [0.25, 0.3) is 0 Å². The Labute approximate surface area is 240 Å². The third-order valence-electron chi connectivity index (χ3n) is 8.59. The molecular formula is C33H38FN3O4. The molecule has 7 nitrogen and oxygen atoms in total. The van der Waals surface area contributed by atoms with Gasteiger partial charge in [-0.2, -0.15) is 0 Å². The Bertz CT molecular complexity index is 1390. The Kier molecular flexibility index (Phi) is 8.71. The highest BCUT2D eigenvalue weighted by Crippen LogP contribution is 2.35. The number of carboxylic acid groups (broad SMARTS) is 1. The molecule has 5 rings (SSSR count). The van der Waals surface area contributed by atoms with Gasteiger partial charge in [-0.05, 0) is 68.1 Å². The summed E-state index contributed by atoms with van der Waals surface area (Å²) in [7, 11) is 0. The summed E-state index contributed by atoms with van der Waals surface area (Å²) in [6, 6.07) is 21.9. The van der Waals surface area contributed by atoms with Crippen LogP contribution in [0.2, 0.25) is 0 Å². The summed E-state index contributed by atoms with van der Waals surface area (Å²) in [5.41, 5.74) is 3.13. The molecule has 2 fully saturated rings. The van der Waals surface area contributed by atoms with Crippen molar-refractivity contribution < 1.29 is 24.2 Å². The first-order valence-corrected chi connectivity index (χ1v) is 14.4. The fourth-order valence-corrected chi connectivity index (χ4v) is 6.27. The number of phenolic OH excluding ortho intramolecular Hbond substituents is 1. The van der Waals surface area contributed by atoms with Gasteiger partial charge in [-0.25, -0.2) is 4.39 Å². The lowest BCUT2D eigenvalue weighted by molar-refractivity contribution is -0.143. The molecule has 3 aromatic rings. The number of carbonyl (C=O) groups excluding carboxylic acids is 1. The fourth-order valence-electron chi connectivity index (χ4n) is 6.27. The quantitative estimate of drug-likeness (QED) is 0.417. The van der Waals surface area contributed by atoms with Crippen molar-refractivity contribution in [1.82, 2.24) is 14.7 Å². The maximum Gasteiger partial charge on any atom is 0.306 e. The zero-order chi connectivity index (χ0) is 29.1. The summed E-state index contributed by atoms with van der Waals surface area (Å²) in [5.74, 6) is -1.31. The van der Waals surface area contributed by atoms with Crippen molar-refractivity contribution in [1.29, 1.82) is 0 Å². The van der Waals surface area contributed by atoms with Crippen LogP contribution in [0, 0.1) is 11.7 Å². The molecule has 0 bridgehead atoms. The predicted octanol–water partition coefficient (Wildman–Crippen LogP) is 5.15. The lowest BCUT2D eigenvalue weighted by Crippen LogP contribution is -2.56. The largest absolute Gasteiger partial charge is 0.508 e. The second kappa shape index (κ2) is 12.4. The van der Waals surface area contributed by atoms with E-state index in [-0.39, 0.29) is 35.6 Å². The minimum absolute atomic E-state index is 0.0959. The number of benzene rings is 3. The Balaban J connectivity index is 1.41. The predicted molar refractivity (Wildman–Crippen MR) is 155 cm³/mol. The minimum atomic E-state index is -0.801. The van der Waals surface area contributed by atoms with Crippen LogP contribution in [0.3, 0.4) is 0 Å². The van der Waals surface area contributed by atoms with Gasteiger partial charge < -0.3 is 15.1 Å². The number of aliphatic carboxylic acids is 1. The normalized spacial score (nSPS) is 21.5. The maximum absolute atomic E-state index is 14.4. The van der Waals surface area contributed by atoms with Gasteiger partial charge in [-0.15, -0.1) is 0 Å². The Morgan fingerprint density at radius 3 is 2.27 bits per heavy atom. The van der Waals surface area contributed by atoms with E-state index in [1.165, 1.54) is 6.07 Å². The number of piperidine rings is 1. The molecule has 3 aromatic carbocycles. The summed E-state index contributed by atoms with van der Waals surface area (Å²) >= 11 is 0. The second-order valence-corrected chi connectivity index (χ2v) is 11.4. The van der Waals surface area contributed by atoms with Gasteiger partial charge >= 0.3 is 5.97 Å². The monoisotopic (exact) mass is 559 g/mol. The first kappa shape index (κ1) is 28.8. The highest BCUT2D eigenvalue weighted by Gasteiger charge is 2.36. The average molecular weight is 560 g/mol. The van der Waals surface area contributed by atoms with Crippen molar-refractivity contribution in [3.05, 3.63) is 101 Å². The van der Waals surface area contributed by atoms with E-state index in [0.29, 0.717) is 43.6 Å². The van der Waals surface area contributed by atoms with E-state index in [1.54, 1.807) is 23.1 Å². The lowest BCUT2D eigenvalue weighted by atomic mass is 9.91. The van der Waals surface area contributed by atoms with E-state index in [9.17, 15) is 24.2 Å². The van der Waals surface area contributed by atoms with Crippen molar-refractivity contribution >= 4 is 11.9 Å². The Hall–Kier alpha value is -3.75. The van der Waals surface area contributed by atoms with Crippen molar-refractivity contribution in [3.8, 4) is 5.75 Å². The zero-order valence-corrected chi connectivity index (χ0v) is 23.6. The number of aromatic hydroxyl groups is 1. The number of rotatable bonds is 7. The molecule has 1 unspecified atom stereocenters. The van der Waals surface area contributed by atoms with E-state index in [0.717, 1.165) is 24.2 Å². The molecule has 2 heterocycles. The second-order valence-electron chi connectivity index (χ2n) is 11.4. The first-order chi connectivity index (χ1) is 19.7. The average Bonchev–Trinajstić information content (AvgIpc) is 2.96. The van der Waals surface area contributed by atoms with Crippen LogP contribution >= 0.6 is 0 Å². The van der Waals surface area contributed by atoms with Gasteiger partial charge in [-0.1, -0.05) is 42.5 Å². The number of phenols is 1. The lowest BCUT2D eigenvalue weighted by Gasteiger charge is -2.47. The number of carbonyl (C=O) groups is 2. The zero-order valence-electron chi connectivity index (χ0n) is 23.6. The third kappa shape index (κ3) is 6.44. The van der Waals surface area contributed by atoms with E-state index >= 15 is 0 Å².